The number of hydrogen-bond donors (Lipinski definition) is 2. The van der Waals surface area contributed by atoms with Crippen molar-refractivity contribution >= 4 is 12.1 Å². The fourth-order valence-electron chi connectivity index (χ4n) is 2.06. The van der Waals surface area contributed by atoms with Gasteiger partial charge in [0.15, 0.2) is 11.5 Å². The molecular formula is C17H25NO6. The molecule has 0 aliphatic heterocycles. The average Bonchev–Trinajstić information content (AvgIpc) is 2.49. The topological polar surface area (TPSA) is 94.1 Å². The molecule has 24 heavy (non-hydrogen) atoms. The lowest BCUT2D eigenvalue weighted by atomic mass is 9.99. The molecule has 0 spiro atoms. The van der Waals surface area contributed by atoms with E-state index >= 15 is 0 Å². The second-order valence-corrected chi connectivity index (χ2v) is 6.31. The summed E-state index contributed by atoms with van der Waals surface area (Å²) >= 11 is 0. The van der Waals surface area contributed by atoms with E-state index < -0.39 is 23.6 Å². The second kappa shape index (κ2) is 8.42. The van der Waals surface area contributed by atoms with Gasteiger partial charge in [0.05, 0.1) is 20.1 Å². The zero-order valence-electron chi connectivity index (χ0n) is 14.7. The standard InChI is InChI=1S/C17H25NO6/c1-17(2,3)24-16(21)18-10-12(15(19)20)8-11-6-7-13(22-4)14(9-11)23-5/h6-7,9,12H,8,10H2,1-5H3,(H,18,21)(H,19,20). The predicted octanol–water partition coefficient (Wildman–Crippen LogP) is 2.47. The minimum atomic E-state index is -0.999. The molecule has 7 heteroatoms. The molecule has 1 rings (SSSR count). The monoisotopic (exact) mass is 339 g/mol. The molecule has 0 aliphatic rings. The first-order valence-corrected chi connectivity index (χ1v) is 7.57. The first-order valence-electron chi connectivity index (χ1n) is 7.57. The number of amides is 1. The summed E-state index contributed by atoms with van der Waals surface area (Å²) < 4.78 is 15.5. The summed E-state index contributed by atoms with van der Waals surface area (Å²) in [5, 5.41) is 11.9. The Balaban J connectivity index is 2.73. The number of carbonyl (C=O) groups excluding carboxylic acids is 1. The van der Waals surface area contributed by atoms with Gasteiger partial charge in [-0.1, -0.05) is 6.07 Å². The lowest BCUT2D eigenvalue weighted by Gasteiger charge is -2.21. The maximum Gasteiger partial charge on any atom is 0.407 e. The van der Waals surface area contributed by atoms with Crippen LogP contribution in [0.2, 0.25) is 0 Å². The maximum atomic E-state index is 11.7. The van der Waals surface area contributed by atoms with Crippen LogP contribution in [-0.2, 0) is 16.0 Å². The van der Waals surface area contributed by atoms with E-state index in [1.54, 1.807) is 39.0 Å². The summed E-state index contributed by atoms with van der Waals surface area (Å²) in [6.45, 7) is 5.19. The Labute approximate surface area is 141 Å². The van der Waals surface area contributed by atoms with Crippen molar-refractivity contribution in [3.8, 4) is 11.5 Å². The van der Waals surface area contributed by atoms with E-state index in [0.29, 0.717) is 11.5 Å². The van der Waals surface area contributed by atoms with Gasteiger partial charge < -0.3 is 24.6 Å². The van der Waals surface area contributed by atoms with E-state index in [1.807, 2.05) is 0 Å². The van der Waals surface area contributed by atoms with Gasteiger partial charge in [-0.15, -0.1) is 0 Å². The molecule has 134 valence electrons. The second-order valence-electron chi connectivity index (χ2n) is 6.31. The normalized spacial score (nSPS) is 12.2. The lowest BCUT2D eigenvalue weighted by Crippen LogP contribution is -2.37. The number of alkyl carbamates (subject to hydrolysis) is 1. The quantitative estimate of drug-likeness (QED) is 0.792. The summed E-state index contributed by atoms with van der Waals surface area (Å²) in [7, 11) is 3.04. The van der Waals surface area contributed by atoms with Crippen molar-refractivity contribution in [2.75, 3.05) is 20.8 Å². The number of methoxy groups -OCH3 is 2. The molecular weight excluding hydrogens is 314 g/mol. The molecule has 0 heterocycles. The molecule has 1 aromatic carbocycles. The third-order valence-corrected chi connectivity index (χ3v) is 3.17. The molecule has 0 bridgehead atoms. The lowest BCUT2D eigenvalue weighted by molar-refractivity contribution is -0.141. The average molecular weight is 339 g/mol. The van der Waals surface area contributed by atoms with Gasteiger partial charge in [-0.2, -0.15) is 0 Å². The highest BCUT2D eigenvalue weighted by molar-refractivity contribution is 5.73. The third-order valence-electron chi connectivity index (χ3n) is 3.17. The highest BCUT2D eigenvalue weighted by Gasteiger charge is 2.22. The van der Waals surface area contributed by atoms with Crippen LogP contribution in [-0.4, -0.2) is 43.5 Å². The van der Waals surface area contributed by atoms with Crippen LogP contribution in [0.4, 0.5) is 4.79 Å². The zero-order chi connectivity index (χ0) is 18.3. The highest BCUT2D eigenvalue weighted by Crippen LogP contribution is 2.28. The third kappa shape index (κ3) is 6.36. The molecule has 2 N–H and O–H groups in total. The first kappa shape index (κ1) is 19.6. The van der Waals surface area contributed by atoms with Crippen LogP contribution in [0.1, 0.15) is 26.3 Å². The summed E-state index contributed by atoms with van der Waals surface area (Å²) in [6.07, 6.45) is -0.396. The fourth-order valence-corrected chi connectivity index (χ4v) is 2.06. The Morgan fingerprint density at radius 3 is 2.29 bits per heavy atom. The molecule has 1 atom stereocenters. The van der Waals surface area contributed by atoms with Crippen LogP contribution >= 0.6 is 0 Å². The van der Waals surface area contributed by atoms with Gasteiger partial charge in [0.2, 0.25) is 0 Å². The minimum absolute atomic E-state index is 0.0292. The maximum absolute atomic E-state index is 11.7. The van der Waals surface area contributed by atoms with Gasteiger partial charge >= 0.3 is 12.1 Å². The molecule has 1 amide bonds. The summed E-state index contributed by atoms with van der Waals surface area (Å²) in [6, 6.07) is 5.21. The van der Waals surface area contributed by atoms with Crippen LogP contribution in [0.5, 0.6) is 11.5 Å². The van der Waals surface area contributed by atoms with E-state index in [-0.39, 0.29) is 13.0 Å². The van der Waals surface area contributed by atoms with Crippen molar-refractivity contribution in [3.63, 3.8) is 0 Å². The van der Waals surface area contributed by atoms with E-state index in [9.17, 15) is 14.7 Å². The number of carbonyl (C=O) groups is 2. The van der Waals surface area contributed by atoms with E-state index in [2.05, 4.69) is 5.32 Å². The molecule has 7 nitrogen and oxygen atoms in total. The molecule has 0 fully saturated rings. The fraction of sp³-hybridized carbons (Fsp3) is 0.529. The number of nitrogens with one attached hydrogen (secondary N) is 1. The Hall–Kier alpha value is -2.44. The molecule has 0 aromatic heterocycles. The van der Waals surface area contributed by atoms with Crippen LogP contribution < -0.4 is 14.8 Å². The van der Waals surface area contributed by atoms with Gasteiger partial charge in [-0.3, -0.25) is 4.79 Å². The number of benzene rings is 1. The number of ether oxygens (including phenoxy) is 3. The summed E-state index contributed by atoms with van der Waals surface area (Å²) in [4.78, 5) is 23.1. The Morgan fingerprint density at radius 2 is 1.79 bits per heavy atom. The molecule has 1 unspecified atom stereocenters. The molecule has 0 saturated heterocycles. The zero-order valence-corrected chi connectivity index (χ0v) is 14.7. The minimum Gasteiger partial charge on any atom is -0.493 e. The predicted molar refractivity (Wildman–Crippen MR) is 88.6 cm³/mol. The Kier molecular flexibility index (Phi) is 6.88. The van der Waals surface area contributed by atoms with Gasteiger partial charge in [0.1, 0.15) is 5.60 Å². The Bertz CT molecular complexity index is 579. The van der Waals surface area contributed by atoms with Crippen LogP contribution in [0.15, 0.2) is 18.2 Å². The number of aliphatic carboxylic acids is 1. The number of carboxylic acid groups (broad SMARTS) is 1. The van der Waals surface area contributed by atoms with Crippen LogP contribution in [0, 0.1) is 5.92 Å². The van der Waals surface area contributed by atoms with Crippen molar-refractivity contribution in [3.05, 3.63) is 23.8 Å². The van der Waals surface area contributed by atoms with E-state index in [1.165, 1.54) is 14.2 Å². The van der Waals surface area contributed by atoms with Crippen molar-refractivity contribution in [1.29, 1.82) is 0 Å². The van der Waals surface area contributed by atoms with Crippen molar-refractivity contribution in [1.82, 2.24) is 5.32 Å². The van der Waals surface area contributed by atoms with Gasteiger partial charge in [0, 0.05) is 6.54 Å². The molecule has 0 aliphatic carbocycles. The Morgan fingerprint density at radius 1 is 1.17 bits per heavy atom. The van der Waals surface area contributed by atoms with E-state index in [4.69, 9.17) is 14.2 Å². The van der Waals surface area contributed by atoms with Crippen molar-refractivity contribution in [2.45, 2.75) is 32.8 Å². The highest BCUT2D eigenvalue weighted by atomic mass is 16.6. The van der Waals surface area contributed by atoms with Crippen molar-refractivity contribution in [2.24, 2.45) is 5.92 Å². The number of carboxylic acids is 1. The van der Waals surface area contributed by atoms with Gasteiger partial charge in [-0.05, 0) is 44.9 Å². The first-order chi connectivity index (χ1) is 11.2. The van der Waals surface area contributed by atoms with Gasteiger partial charge in [0.25, 0.3) is 0 Å². The molecule has 0 radical (unpaired) electrons. The van der Waals surface area contributed by atoms with Crippen molar-refractivity contribution < 1.29 is 28.9 Å². The van der Waals surface area contributed by atoms with Crippen LogP contribution in [0.3, 0.4) is 0 Å². The molecule has 0 saturated carbocycles. The summed E-state index contributed by atoms with van der Waals surface area (Å²) in [5.41, 5.74) is 0.137. The number of rotatable bonds is 7. The number of hydrogen-bond acceptors (Lipinski definition) is 5. The summed E-state index contributed by atoms with van der Waals surface area (Å²) in [5.74, 6) is -0.685. The SMILES string of the molecule is COc1ccc(CC(CNC(=O)OC(C)(C)C)C(=O)O)cc1OC. The smallest absolute Gasteiger partial charge is 0.407 e. The van der Waals surface area contributed by atoms with Gasteiger partial charge in [-0.25, -0.2) is 4.79 Å². The van der Waals surface area contributed by atoms with Crippen LogP contribution in [0.25, 0.3) is 0 Å². The largest absolute Gasteiger partial charge is 0.493 e. The molecule has 1 aromatic rings. The van der Waals surface area contributed by atoms with E-state index in [0.717, 1.165) is 5.56 Å².